The average molecular weight is 1040 g/mol. The van der Waals surface area contributed by atoms with Crippen molar-refractivity contribution in [2.24, 2.45) is 10.2 Å². The Morgan fingerprint density at radius 1 is 0.732 bits per heavy atom. The lowest BCUT2D eigenvalue weighted by Crippen LogP contribution is -2.37. The molecule has 0 aliphatic carbocycles. The Morgan fingerprint density at radius 2 is 1.34 bits per heavy atom. The molecule has 6 rings (SSSR count). The van der Waals surface area contributed by atoms with Gasteiger partial charge in [-0.05, 0) is 85.0 Å². The maximum Gasteiger partial charge on any atom is 0.264 e. The number of sulfonamides is 2. The second-order valence-corrected chi connectivity index (χ2v) is 21.8. The van der Waals surface area contributed by atoms with Gasteiger partial charge >= 0.3 is 0 Å². The monoisotopic (exact) mass is 1030 g/mol. The number of carbonyl (C=O) groups excluding carboxylic acids is 2. The molecule has 0 atom stereocenters. The summed E-state index contributed by atoms with van der Waals surface area (Å²) in [5, 5.41) is 35.6. The molecule has 0 radical (unpaired) electrons. The molecule has 2 heterocycles. The molecule has 384 valence electrons. The smallest absolute Gasteiger partial charge is 0.264 e. The lowest BCUT2D eigenvalue weighted by Gasteiger charge is -2.30. The maximum atomic E-state index is 14.4. The minimum absolute atomic E-state index is 0.0196. The number of ether oxygens (including phenoxy) is 2. The number of phenols is 2. The van der Waals surface area contributed by atoms with Gasteiger partial charge in [-0.3, -0.25) is 19.0 Å². The van der Waals surface area contributed by atoms with Gasteiger partial charge < -0.3 is 35.2 Å². The van der Waals surface area contributed by atoms with Crippen molar-refractivity contribution in [2.45, 2.75) is 127 Å². The Morgan fingerprint density at radius 3 is 1.94 bits per heavy atom. The normalized spacial score (nSPS) is 13.2. The number of nitrogens with one attached hydrogen (secondary N) is 4. The van der Waals surface area contributed by atoms with Crippen LogP contribution in [0.15, 0.2) is 80.7 Å². The first-order valence-electron chi connectivity index (χ1n) is 24.3. The minimum atomic E-state index is -4.48. The zero-order valence-corrected chi connectivity index (χ0v) is 43.3. The molecule has 18 nitrogen and oxygen atoms in total. The highest BCUT2D eigenvalue weighted by molar-refractivity contribution is 7.93. The number of rotatable bonds is 27. The topological polar surface area (TPSA) is 250 Å². The molecule has 0 unspecified atom stereocenters. The molecule has 1 saturated heterocycles. The number of morpholine rings is 1. The first-order valence-corrected chi connectivity index (χ1v) is 28.0. The number of unbranched alkanes of at least 4 members (excludes halogenated alkanes) is 13. The van der Waals surface area contributed by atoms with Crippen LogP contribution in [-0.2, 0) is 34.4 Å². The van der Waals surface area contributed by atoms with E-state index in [0.29, 0.717) is 60.8 Å². The summed E-state index contributed by atoms with van der Waals surface area (Å²) in [5.74, 6) is -1.21. The fourth-order valence-corrected chi connectivity index (χ4v) is 11.2. The average Bonchev–Trinajstić information content (AvgIpc) is 3.74. The highest BCUT2D eigenvalue weighted by atomic mass is 32.2. The Labute approximate surface area is 420 Å². The number of aromatic nitrogens is 1. The Hall–Kier alpha value is -6.03. The number of amides is 2. The Bertz CT molecular complexity index is 2850. The molecular weight excluding hydrogens is 969 g/mol. The van der Waals surface area contributed by atoms with Crippen molar-refractivity contribution in [1.82, 2.24) is 4.37 Å². The van der Waals surface area contributed by atoms with E-state index in [-0.39, 0.29) is 54.7 Å². The third kappa shape index (κ3) is 15.7. The number of aryl methyl sites for hydroxylation is 1. The predicted octanol–water partition coefficient (Wildman–Crippen LogP) is 11.6. The van der Waals surface area contributed by atoms with Crippen LogP contribution in [0.4, 0.5) is 39.1 Å². The molecule has 1 aliphatic rings. The van der Waals surface area contributed by atoms with Crippen LogP contribution in [0.3, 0.4) is 0 Å². The van der Waals surface area contributed by atoms with Crippen molar-refractivity contribution >= 4 is 93.4 Å². The molecule has 2 amide bonds. The molecule has 21 heteroatoms. The predicted molar refractivity (Wildman–Crippen MR) is 280 cm³/mol. The van der Waals surface area contributed by atoms with Crippen molar-refractivity contribution in [3.8, 4) is 17.2 Å². The van der Waals surface area contributed by atoms with Crippen LogP contribution in [0.2, 0.25) is 0 Å². The van der Waals surface area contributed by atoms with Crippen LogP contribution in [-0.4, -0.2) is 76.1 Å². The first-order chi connectivity index (χ1) is 34.0. The second-order valence-electron chi connectivity index (χ2n) is 17.7. The Balaban J connectivity index is 1.14. The van der Waals surface area contributed by atoms with E-state index in [1.54, 1.807) is 6.92 Å². The summed E-state index contributed by atoms with van der Waals surface area (Å²) in [6.07, 6.45) is 17.3. The number of hydrogen-bond acceptors (Lipinski definition) is 15. The highest BCUT2D eigenvalue weighted by Crippen LogP contribution is 2.40. The second kappa shape index (κ2) is 25.9. The SMILES string of the molecule is CCCCCCCCCCCCCCCCOc1cc(NS(=O)(=O)c2cc(NS(=O)(=O)c3ccc4nsc(N=Nc5cc(NC(C)=O)c(O)c(NC(C)=O)c5)c4c3)ccc2N2CCOCC2)c(O)cc1C. The molecule has 4 aromatic carbocycles. The number of carbonyl (C=O) groups is 2. The van der Waals surface area contributed by atoms with Gasteiger partial charge in [0.05, 0.1) is 64.4 Å². The lowest BCUT2D eigenvalue weighted by molar-refractivity contribution is -0.115. The van der Waals surface area contributed by atoms with Crippen molar-refractivity contribution in [3.05, 3.63) is 66.2 Å². The number of benzene rings is 4. The zero-order valence-electron chi connectivity index (χ0n) is 40.9. The van der Waals surface area contributed by atoms with Gasteiger partial charge in [0.2, 0.25) is 11.8 Å². The highest BCUT2D eigenvalue weighted by Gasteiger charge is 2.27. The minimum Gasteiger partial charge on any atom is -0.506 e. The summed E-state index contributed by atoms with van der Waals surface area (Å²) in [6, 6.07) is 14.0. The zero-order chi connectivity index (χ0) is 51.0. The molecule has 1 fully saturated rings. The van der Waals surface area contributed by atoms with Gasteiger partial charge in [-0.2, -0.15) is 4.37 Å². The standard InChI is InChI=1S/C50H66N8O10S3/c1-5-6-7-8-9-10-11-12-13-14-15-16-17-18-25-68-47-33-42(46(61)28-34(47)2)57-71(65,66)48-31-37(19-22-45(48)58-23-26-67-27-24-58)56-70(63,64)39-20-21-41-40(32-39)50(69-55-41)54-53-38-29-43(51-35(3)59)49(62)44(30-38)52-36(4)60/h19-22,28-33,56-57,61-62H,5-18,23-27H2,1-4H3,(H,51,59)(H,52,60). The van der Waals surface area contributed by atoms with E-state index in [1.807, 2.05) is 4.90 Å². The number of anilines is 5. The van der Waals surface area contributed by atoms with Gasteiger partial charge in [0, 0.05) is 38.4 Å². The fourth-order valence-electron chi connectivity index (χ4n) is 8.16. The van der Waals surface area contributed by atoms with E-state index in [1.165, 1.54) is 145 Å². The summed E-state index contributed by atoms with van der Waals surface area (Å²) in [6.45, 7) is 8.43. The molecular formula is C50H66N8O10S3. The molecule has 6 N–H and O–H groups in total. The van der Waals surface area contributed by atoms with E-state index < -0.39 is 31.9 Å². The van der Waals surface area contributed by atoms with Crippen LogP contribution in [0, 0.1) is 6.92 Å². The van der Waals surface area contributed by atoms with Crippen LogP contribution in [0.5, 0.6) is 17.2 Å². The number of fused-ring (bicyclic) bond motifs is 1. The van der Waals surface area contributed by atoms with E-state index in [9.17, 15) is 36.6 Å². The molecule has 1 aromatic heterocycles. The maximum absolute atomic E-state index is 14.4. The molecule has 0 spiro atoms. The largest absolute Gasteiger partial charge is 0.506 e. The quantitative estimate of drug-likeness (QED) is 0.0163. The first kappa shape index (κ1) is 54.3. The third-order valence-electron chi connectivity index (χ3n) is 11.9. The van der Waals surface area contributed by atoms with Gasteiger partial charge in [0.15, 0.2) is 10.8 Å². The number of phenolic OH excluding ortho intramolecular Hbond substituents is 2. The van der Waals surface area contributed by atoms with E-state index in [0.717, 1.165) is 30.8 Å². The van der Waals surface area contributed by atoms with Crippen molar-refractivity contribution in [2.75, 3.05) is 57.9 Å². The lowest BCUT2D eigenvalue weighted by atomic mass is 10.0. The van der Waals surface area contributed by atoms with Gasteiger partial charge in [-0.1, -0.05) is 90.4 Å². The number of aromatic hydroxyl groups is 2. The number of azo groups is 1. The van der Waals surface area contributed by atoms with Crippen LogP contribution < -0.4 is 29.7 Å². The summed E-state index contributed by atoms with van der Waals surface area (Å²) in [7, 11) is -8.85. The molecule has 1 aliphatic heterocycles. The van der Waals surface area contributed by atoms with Gasteiger partial charge in [0.1, 0.15) is 16.4 Å². The summed E-state index contributed by atoms with van der Waals surface area (Å²) >= 11 is 0.945. The third-order valence-corrected chi connectivity index (χ3v) is 15.4. The van der Waals surface area contributed by atoms with E-state index >= 15 is 0 Å². The van der Waals surface area contributed by atoms with Crippen molar-refractivity contribution < 1.29 is 46.1 Å². The molecule has 0 saturated carbocycles. The van der Waals surface area contributed by atoms with Crippen molar-refractivity contribution in [3.63, 3.8) is 0 Å². The van der Waals surface area contributed by atoms with E-state index in [2.05, 4.69) is 41.6 Å². The van der Waals surface area contributed by atoms with Crippen LogP contribution in [0.1, 0.15) is 116 Å². The van der Waals surface area contributed by atoms with Gasteiger partial charge in [-0.25, -0.2) is 16.8 Å². The summed E-state index contributed by atoms with van der Waals surface area (Å²) in [4.78, 5) is 25.0. The van der Waals surface area contributed by atoms with Gasteiger partial charge in [0.25, 0.3) is 20.0 Å². The number of nitrogens with zero attached hydrogens (tertiary/aromatic N) is 4. The van der Waals surface area contributed by atoms with Crippen molar-refractivity contribution in [1.29, 1.82) is 0 Å². The Kier molecular flexibility index (Phi) is 19.8. The summed E-state index contributed by atoms with van der Waals surface area (Å²) in [5.41, 5.74) is 1.33. The number of hydrogen-bond donors (Lipinski definition) is 6. The molecule has 0 bridgehead atoms. The summed E-state index contributed by atoms with van der Waals surface area (Å²) < 4.78 is 77.9. The van der Waals surface area contributed by atoms with Crippen LogP contribution in [0.25, 0.3) is 10.9 Å². The molecule has 5 aromatic rings. The van der Waals surface area contributed by atoms with E-state index in [4.69, 9.17) is 9.47 Å². The fraction of sp³-hybridized carbons (Fsp3) is 0.460. The van der Waals surface area contributed by atoms with Crippen LogP contribution >= 0.6 is 11.5 Å². The molecule has 71 heavy (non-hydrogen) atoms. The van der Waals surface area contributed by atoms with Gasteiger partial charge in [-0.15, -0.1) is 10.2 Å².